The smallest absolute Gasteiger partial charge is 0.191 e. The van der Waals surface area contributed by atoms with E-state index >= 15 is 0 Å². The Labute approximate surface area is 141 Å². The van der Waals surface area contributed by atoms with Gasteiger partial charge in [0.1, 0.15) is 11.3 Å². The van der Waals surface area contributed by atoms with E-state index in [9.17, 15) is 0 Å². The van der Waals surface area contributed by atoms with Gasteiger partial charge >= 0.3 is 0 Å². The first-order chi connectivity index (χ1) is 11.8. The minimum absolute atomic E-state index is 0.604. The summed E-state index contributed by atoms with van der Waals surface area (Å²) < 4.78 is 5.91. The van der Waals surface area contributed by atoms with Gasteiger partial charge in [-0.25, -0.2) is 0 Å². The SMILES string of the molecule is CN=C(NCCc1cccnc1)NCc1oc2ccccc2c1C. The normalized spacial score (nSPS) is 11.7. The number of hydrogen-bond acceptors (Lipinski definition) is 3. The first-order valence-corrected chi connectivity index (χ1v) is 8.08. The van der Waals surface area contributed by atoms with Crippen LogP contribution in [0.15, 0.2) is 58.2 Å². The van der Waals surface area contributed by atoms with Crippen LogP contribution in [0.3, 0.4) is 0 Å². The Balaban J connectivity index is 1.54. The van der Waals surface area contributed by atoms with E-state index in [1.165, 1.54) is 11.1 Å². The van der Waals surface area contributed by atoms with Crippen molar-refractivity contribution in [2.24, 2.45) is 4.99 Å². The van der Waals surface area contributed by atoms with Crippen LogP contribution in [-0.4, -0.2) is 24.5 Å². The van der Waals surface area contributed by atoms with E-state index in [0.717, 1.165) is 35.7 Å². The van der Waals surface area contributed by atoms with Crippen molar-refractivity contribution in [2.45, 2.75) is 19.9 Å². The van der Waals surface area contributed by atoms with Crippen LogP contribution in [0, 0.1) is 6.92 Å². The van der Waals surface area contributed by atoms with Crippen molar-refractivity contribution in [2.75, 3.05) is 13.6 Å². The fourth-order valence-corrected chi connectivity index (χ4v) is 2.65. The zero-order valence-corrected chi connectivity index (χ0v) is 14.0. The first kappa shape index (κ1) is 16.1. The summed E-state index contributed by atoms with van der Waals surface area (Å²) in [5, 5.41) is 7.78. The van der Waals surface area contributed by atoms with E-state index < -0.39 is 0 Å². The van der Waals surface area contributed by atoms with Gasteiger partial charge in [0.25, 0.3) is 0 Å². The highest BCUT2D eigenvalue weighted by molar-refractivity contribution is 5.82. The van der Waals surface area contributed by atoms with Crippen molar-refractivity contribution < 1.29 is 4.42 Å². The van der Waals surface area contributed by atoms with Gasteiger partial charge in [0, 0.05) is 36.9 Å². The maximum absolute atomic E-state index is 5.91. The van der Waals surface area contributed by atoms with Gasteiger partial charge < -0.3 is 15.1 Å². The fourth-order valence-electron chi connectivity index (χ4n) is 2.65. The monoisotopic (exact) mass is 322 g/mol. The molecule has 5 nitrogen and oxygen atoms in total. The quantitative estimate of drug-likeness (QED) is 0.560. The van der Waals surface area contributed by atoms with Crippen molar-refractivity contribution in [3.63, 3.8) is 0 Å². The molecule has 0 aliphatic heterocycles. The number of hydrogen-bond donors (Lipinski definition) is 2. The number of rotatable bonds is 5. The second-order valence-electron chi connectivity index (χ2n) is 5.61. The van der Waals surface area contributed by atoms with Gasteiger partial charge in [0.05, 0.1) is 6.54 Å². The summed E-state index contributed by atoms with van der Waals surface area (Å²) in [4.78, 5) is 8.38. The number of nitrogens with zero attached hydrogens (tertiary/aromatic N) is 2. The zero-order valence-electron chi connectivity index (χ0n) is 14.0. The molecule has 5 heteroatoms. The Hall–Kier alpha value is -2.82. The molecular weight excluding hydrogens is 300 g/mol. The fraction of sp³-hybridized carbons (Fsp3) is 0.263. The van der Waals surface area contributed by atoms with Gasteiger partial charge in [-0.1, -0.05) is 24.3 Å². The third kappa shape index (κ3) is 3.74. The van der Waals surface area contributed by atoms with Gasteiger partial charge in [0.15, 0.2) is 5.96 Å². The molecule has 124 valence electrons. The highest BCUT2D eigenvalue weighted by atomic mass is 16.3. The summed E-state index contributed by atoms with van der Waals surface area (Å²) in [6, 6.07) is 12.1. The molecule has 0 atom stereocenters. The molecule has 0 spiro atoms. The number of furan rings is 1. The molecule has 0 radical (unpaired) electrons. The number of para-hydroxylation sites is 1. The van der Waals surface area contributed by atoms with E-state index in [1.54, 1.807) is 13.2 Å². The van der Waals surface area contributed by atoms with Crippen molar-refractivity contribution >= 4 is 16.9 Å². The molecule has 0 bridgehead atoms. The molecule has 0 amide bonds. The molecule has 0 saturated heterocycles. The molecule has 0 aliphatic rings. The Morgan fingerprint density at radius 2 is 2.04 bits per heavy atom. The maximum Gasteiger partial charge on any atom is 0.191 e. The second-order valence-corrected chi connectivity index (χ2v) is 5.61. The number of aryl methyl sites for hydroxylation is 1. The van der Waals surface area contributed by atoms with Crippen LogP contribution in [0.25, 0.3) is 11.0 Å². The number of guanidine groups is 1. The lowest BCUT2D eigenvalue weighted by Gasteiger charge is -2.11. The minimum atomic E-state index is 0.604. The highest BCUT2D eigenvalue weighted by Crippen LogP contribution is 2.24. The van der Waals surface area contributed by atoms with E-state index in [2.05, 4.69) is 39.7 Å². The van der Waals surface area contributed by atoms with E-state index in [1.807, 2.05) is 30.5 Å². The molecule has 1 aromatic carbocycles. The standard InChI is InChI=1S/C19H22N4O/c1-14-16-7-3-4-8-17(16)24-18(14)13-23-19(20-2)22-11-9-15-6-5-10-21-12-15/h3-8,10,12H,9,11,13H2,1-2H3,(H2,20,22,23). The van der Waals surface area contributed by atoms with Crippen molar-refractivity contribution in [3.8, 4) is 0 Å². The molecule has 3 rings (SSSR count). The van der Waals surface area contributed by atoms with E-state index in [4.69, 9.17) is 4.42 Å². The number of aromatic nitrogens is 1. The van der Waals surface area contributed by atoms with Crippen LogP contribution in [-0.2, 0) is 13.0 Å². The van der Waals surface area contributed by atoms with Crippen LogP contribution in [0.5, 0.6) is 0 Å². The summed E-state index contributed by atoms with van der Waals surface area (Å²) in [5.74, 6) is 1.70. The zero-order chi connectivity index (χ0) is 16.8. The average Bonchev–Trinajstić information content (AvgIpc) is 2.95. The number of pyridine rings is 1. The number of nitrogens with one attached hydrogen (secondary N) is 2. The van der Waals surface area contributed by atoms with Gasteiger partial charge in [-0.15, -0.1) is 0 Å². The van der Waals surface area contributed by atoms with Crippen LogP contribution in [0.4, 0.5) is 0 Å². The third-order valence-corrected chi connectivity index (χ3v) is 4.01. The predicted molar refractivity (Wildman–Crippen MR) is 97.1 cm³/mol. The molecule has 0 fully saturated rings. The Morgan fingerprint density at radius 1 is 1.17 bits per heavy atom. The molecule has 2 heterocycles. The van der Waals surface area contributed by atoms with Gasteiger partial charge in [-0.3, -0.25) is 9.98 Å². The molecule has 0 unspecified atom stereocenters. The lowest BCUT2D eigenvalue weighted by Crippen LogP contribution is -2.37. The molecule has 24 heavy (non-hydrogen) atoms. The van der Waals surface area contributed by atoms with Gasteiger partial charge in [0.2, 0.25) is 0 Å². The maximum atomic E-state index is 5.91. The van der Waals surface area contributed by atoms with Crippen molar-refractivity contribution in [3.05, 3.63) is 65.7 Å². The Kier molecular flexibility index (Phi) is 5.11. The van der Waals surface area contributed by atoms with Crippen LogP contribution in [0.2, 0.25) is 0 Å². The molecule has 2 N–H and O–H groups in total. The highest BCUT2D eigenvalue weighted by Gasteiger charge is 2.10. The van der Waals surface area contributed by atoms with Crippen LogP contribution in [0.1, 0.15) is 16.9 Å². The Bertz CT molecular complexity index is 824. The summed E-state index contributed by atoms with van der Waals surface area (Å²) in [6.07, 6.45) is 4.57. The van der Waals surface area contributed by atoms with Crippen LogP contribution < -0.4 is 10.6 Å². The molecule has 0 aliphatic carbocycles. The molecular formula is C19H22N4O. The van der Waals surface area contributed by atoms with Gasteiger partial charge in [-0.05, 0) is 31.0 Å². The van der Waals surface area contributed by atoms with Crippen molar-refractivity contribution in [1.29, 1.82) is 0 Å². The topological polar surface area (TPSA) is 62.5 Å². The second kappa shape index (κ2) is 7.64. The molecule has 2 aromatic heterocycles. The molecule has 3 aromatic rings. The minimum Gasteiger partial charge on any atom is -0.459 e. The van der Waals surface area contributed by atoms with Crippen molar-refractivity contribution in [1.82, 2.24) is 15.6 Å². The number of aliphatic imine (C=N–C) groups is 1. The summed E-state index contributed by atoms with van der Waals surface area (Å²) in [5.41, 5.74) is 3.30. The largest absolute Gasteiger partial charge is 0.459 e. The summed E-state index contributed by atoms with van der Waals surface area (Å²) in [7, 11) is 1.77. The molecule has 0 saturated carbocycles. The Morgan fingerprint density at radius 3 is 2.79 bits per heavy atom. The number of benzene rings is 1. The average molecular weight is 322 g/mol. The lowest BCUT2D eigenvalue weighted by atomic mass is 10.1. The summed E-state index contributed by atoms with van der Waals surface area (Å²) >= 11 is 0. The van der Waals surface area contributed by atoms with E-state index in [0.29, 0.717) is 6.54 Å². The third-order valence-electron chi connectivity index (χ3n) is 4.01. The predicted octanol–water partition coefficient (Wildman–Crippen LogP) is 3.04. The van der Waals surface area contributed by atoms with Crippen LogP contribution >= 0.6 is 0 Å². The summed E-state index contributed by atoms with van der Waals surface area (Å²) in [6.45, 7) is 3.49. The number of fused-ring (bicyclic) bond motifs is 1. The lowest BCUT2D eigenvalue weighted by molar-refractivity contribution is 0.534. The van der Waals surface area contributed by atoms with Gasteiger partial charge in [-0.2, -0.15) is 0 Å². The first-order valence-electron chi connectivity index (χ1n) is 8.08. The van der Waals surface area contributed by atoms with E-state index in [-0.39, 0.29) is 0 Å².